The van der Waals surface area contributed by atoms with Crippen molar-refractivity contribution in [3.05, 3.63) is 67.2 Å². The van der Waals surface area contributed by atoms with Crippen LogP contribution in [0.15, 0.2) is 51.2 Å². The minimum atomic E-state index is -0.600. The summed E-state index contributed by atoms with van der Waals surface area (Å²) >= 11 is 17.5. The quantitative estimate of drug-likeness (QED) is 0.140. The summed E-state index contributed by atoms with van der Waals surface area (Å²) in [6.07, 6.45) is 2.14. The zero-order valence-electron chi connectivity index (χ0n) is 21.3. The van der Waals surface area contributed by atoms with Gasteiger partial charge in [-0.3, -0.25) is 0 Å². The van der Waals surface area contributed by atoms with Gasteiger partial charge in [0, 0.05) is 27.1 Å². The molecular weight excluding hydrogens is 615 g/mol. The Kier molecular flexibility index (Phi) is 9.51. The number of nitrogens with zero attached hydrogens (tertiary/aromatic N) is 3. The second-order valence-corrected chi connectivity index (χ2v) is 11.2. The van der Waals surface area contributed by atoms with E-state index in [0.717, 1.165) is 29.7 Å². The van der Waals surface area contributed by atoms with E-state index >= 15 is 0 Å². The first kappa shape index (κ1) is 28.6. The van der Waals surface area contributed by atoms with Gasteiger partial charge in [0.05, 0.1) is 24.3 Å². The van der Waals surface area contributed by atoms with Gasteiger partial charge in [-0.2, -0.15) is 4.98 Å². The summed E-state index contributed by atoms with van der Waals surface area (Å²) in [5.74, 6) is 1.95. The summed E-state index contributed by atoms with van der Waals surface area (Å²) in [6.45, 7) is 4.17. The number of rotatable bonds is 10. The van der Waals surface area contributed by atoms with E-state index in [-0.39, 0.29) is 6.61 Å². The van der Waals surface area contributed by atoms with Crippen molar-refractivity contribution >= 4 is 62.8 Å². The van der Waals surface area contributed by atoms with Crippen molar-refractivity contribution in [2.24, 2.45) is 0 Å². The van der Waals surface area contributed by atoms with Crippen LogP contribution in [0.3, 0.4) is 0 Å². The summed E-state index contributed by atoms with van der Waals surface area (Å²) < 4.78 is 19.3. The molecule has 202 valence electrons. The number of fused-ring (bicyclic) bond motifs is 1. The molecule has 4 rings (SSSR count). The van der Waals surface area contributed by atoms with Crippen LogP contribution in [0, 0.1) is 0 Å². The highest BCUT2D eigenvalue weighted by Crippen LogP contribution is 2.43. The fourth-order valence-electron chi connectivity index (χ4n) is 4.01. The largest absolute Gasteiger partial charge is 0.493 e. The third kappa shape index (κ3) is 6.09. The molecule has 1 aliphatic rings. The molecule has 1 aliphatic heterocycles. The lowest BCUT2D eigenvalue weighted by molar-refractivity contribution is -0.136. The van der Waals surface area contributed by atoms with E-state index in [4.69, 9.17) is 42.5 Å². The average Bonchev–Trinajstić information content (AvgIpc) is 3.29. The van der Waals surface area contributed by atoms with E-state index in [2.05, 4.69) is 33.2 Å². The molecule has 3 aromatic rings. The molecule has 0 amide bonds. The van der Waals surface area contributed by atoms with Crippen LogP contribution in [0.4, 0.5) is 5.95 Å². The van der Waals surface area contributed by atoms with Crippen molar-refractivity contribution in [3.8, 4) is 11.5 Å². The molecule has 1 N–H and O–H groups in total. The Morgan fingerprint density at radius 1 is 1.24 bits per heavy atom. The lowest BCUT2D eigenvalue weighted by Crippen LogP contribution is -2.29. The molecule has 2 heterocycles. The Bertz CT molecular complexity index is 1380. The molecule has 0 saturated carbocycles. The van der Waals surface area contributed by atoms with E-state index in [9.17, 15) is 4.79 Å². The Hall–Kier alpha value is -2.40. The van der Waals surface area contributed by atoms with Crippen molar-refractivity contribution in [3.63, 3.8) is 0 Å². The molecule has 0 fully saturated rings. The number of hydrogen-bond donors (Lipinski definition) is 1. The highest BCUT2D eigenvalue weighted by atomic mass is 79.9. The predicted octanol–water partition coefficient (Wildman–Crippen LogP) is 7.29. The Morgan fingerprint density at radius 2 is 2.03 bits per heavy atom. The van der Waals surface area contributed by atoms with E-state index in [1.54, 1.807) is 35.7 Å². The van der Waals surface area contributed by atoms with Gasteiger partial charge >= 0.3 is 5.97 Å². The number of ether oxygens (including phenoxy) is 3. The van der Waals surface area contributed by atoms with Crippen LogP contribution in [-0.2, 0) is 16.1 Å². The van der Waals surface area contributed by atoms with Gasteiger partial charge in [0.2, 0.25) is 11.1 Å². The summed E-state index contributed by atoms with van der Waals surface area (Å²) in [5, 5.41) is 9.63. The predicted molar refractivity (Wildman–Crippen MR) is 154 cm³/mol. The third-order valence-electron chi connectivity index (χ3n) is 5.92. The number of nitrogens with one attached hydrogen (secondary N) is 1. The van der Waals surface area contributed by atoms with Gasteiger partial charge in [-0.05, 0) is 59.1 Å². The van der Waals surface area contributed by atoms with Crippen molar-refractivity contribution in [2.75, 3.05) is 25.3 Å². The van der Waals surface area contributed by atoms with Crippen molar-refractivity contribution in [1.29, 1.82) is 0 Å². The molecule has 8 nitrogen and oxygen atoms in total. The zero-order chi connectivity index (χ0) is 27.4. The third-order valence-corrected chi connectivity index (χ3v) is 8.02. The molecule has 1 unspecified atom stereocenters. The number of benzene rings is 2. The summed E-state index contributed by atoms with van der Waals surface area (Å²) in [6, 6.07) is 8.34. The van der Waals surface area contributed by atoms with Crippen LogP contribution < -0.4 is 14.8 Å². The van der Waals surface area contributed by atoms with Gasteiger partial charge in [-0.25, -0.2) is 9.48 Å². The zero-order valence-corrected chi connectivity index (χ0v) is 25.2. The lowest BCUT2D eigenvalue weighted by Gasteiger charge is -2.28. The minimum absolute atomic E-state index is 0.204. The molecule has 38 heavy (non-hydrogen) atoms. The molecule has 2 aromatic carbocycles. The number of thioether (sulfide) groups is 1. The standard InChI is InChI=1S/C26H27BrCl2N4O4S/c1-5-6-9-38-26-31-25-30-14(2)21(24(34)36-4)22(33(25)32-26)16-10-18(27)23(20(11-16)35-3)37-13-15-7-8-17(28)12-19(15)29/h7-8,10-12,22H,5-6,9,13H2,1-4H3,(H,30,31,32). The van der Waals surface area contributed by atoms with Crippen LogP contribution >= 0.6 is 50.9 Å². The molecule has 0 radical (unpaired) electrons. The highest BCUT2D eigenvalue weighted by Gasteiger charge is 2.36. The number of carbonyl (C=O) groups excluding carboxylic acids is 1. The number of anilines is 1. The van der Waals surface area contributed by atoms with Gasteiger partial charge in [0.25, 0.3) is 0 Å². The highest BCUT2D eigenvalue weighted by molar-refractivity contribution is 9.10. The van der Waals surface area contributed by atoms with E-state index in [0.29, 0.717) is 48.4 Å². The summed E-state index contributed by atoms with van der Waals surface area (Å²) in [4.78, 5) is 17.6. The molecule has 12 heteroatoms. The summed E-state index contributed by atoms with van der Waals surface area (Å²) in [5.41, 5.74) is 2.58. The maximum Gasteiger partial charge on any atom is 0.338 e. The van der Waals surface area contributed by atoms with Gasteiger partial charge in [0.1, 0.15) is 12.6 Å². The number of aromatic nitrogens is 3. The number of halogens is 3. The van der Waals surface area contributed by atoms with Crippen LogP contribution in [0.25, 0.3) is 0 Å². The summed E-state index contributed by atoms with van der Waals surface area (Å²) in [7, 11) is 2.92. The number of carbonyl (C=O) groups is 1. The number of esters is 1. The van der Waals surface area contributed by atoms with Crippen molar-refractivity contribution < 1.29 is 19.0 Å². The van der Waals surface area contributed by atoms with Gasteiger partial charge in [0.15, 0.2) is 11.5 Å². The molecule has 0 aliphatic carbocycles. The van der Waals surface area contributed by atoms with Crippen LogP contribution in [0.5, 0.6) is 11.5 Å². The molecule has 0 spiro atoms. The molecule has 0 saturated heterocycles. The topological polar surface area (TPSA) is 87.5 Å². The number of hydrogen-bond acceptors (Lipinski definition) is 8. The second-order valence-electron chi connectivity index (χ2n) is 8.48. The average molecular weight is 642 g/mol. The Morgan fingerprint density at radius 3 is 2.71 bits per heavy atom. The Labute approximate surface area is 244 Å². The molecule has 1 atom stereocenters. The second kappa shape index (κ2) is 12.6. The molecule has 1 aromatic heterocycles. The maximum absolute atomic E-state index is 12.9. The van der Waals surface area contributed by atoms with E-state index < -0.39 is 12.0 Å². The van der Waals surface area contributed by atoms with Gasteiger partial charge in [-0.1, -0.05) is 54.4 Å². The smallest absolute Gasteiger partial charge is 0.338 e. The normalized spacial score (nSPS) is 14.7. The fraction of sp³-hybridized carbons (Fsp3) is 0.346. The first-order chi connectivity index (χ1) is 18.3. The Balaban J connectivity index is 1.73. The molecule has 0 bridgehead atoms. The van der Waals surface area contributed by atoms with Crippen molar-refractivity contribution in [1.82, 2.24) is 14.8 Å². The van der Waals surface area contributed by atoms with Crippen LogP contribution in [-0.4, -0.2) is 40.7 Å². The monoisotopic (exact) mass is 640 g/mol. The first-order valence-corrected chi connectivity index (χ1v) is 14.4. The van der Waals surface area contributed by atoms with E-state index in [1.807, 2.05) is 25.1 Å². The maximum atomic E-state index is 12.9. The molecular formula is C26H27BrCl2N4O4S. The SMILES string of the molecule is CCCCSc1nc2n(n1)C(c1cc(Br)c(OCc3ccc(Cl)cc3Cl)c(OC)c1)C(C(=O)OC)=C(C)N2. The van der Waals surface area contributed by atoms with E-state index in [1.165, 1.54) is 7.11 Å². The van der Waals surface area contributed by atoms with Crippen molar-refractivity contribution in [2.45, 2.75) is 44.5 Å². The van der Waals surface area contributed by atoms with Crippen LogP contribution in [0.1, 0.15) is 43.9 Å². The number of allylic oxidation sites excluding steroid dienone is 1. The lowest BCUT2D eigenvalue weighted by atomic mass is 9.95. The minimum Gasteiger partial charge on any atom is -0.493 e. The van der Waals surface area contributed by atoms with Crippen LogP contribution in [0.2, 0.25) is 10.0 Å². The van der Waals surface area contributed by atoms with Gasteiger partial charge < -0.3 is 19.5 Å². The fourth-order valence-corrected chi connectivity index (χ4v) is 5.96. The van der Waals surface area contributed by atoms with Gasteiger partial charge in [-0.15, -0.1) is 5.10 Å². The number of unbranched alkanes of at least 4 members (excludes halogenated alkanes) is 1. The first-order valence-electron chi connectivity index (χ1n) is 11.9. The number of methoxy groups -OCH3 is 2.